The van der Waals surface area contributed by atoms with Crippen molar-refractivity contribution < 1.29 is 4.79 Å². The lowest BCUT2D eigenvalue weighted by molar-refractivity contribution is -0.131. The van der Waals surface area contributed by atoms with E-state index in [4.69, 9.17) is 5.73 Å². The zero-order valence-electron chi connectivity index (χ0n) is 16.5. The first-order valence-corrected chi connectivity index (χ1v) is 9.56. The number of amides is 1. The standard InChI is InChI=1S/C20H24N6O3/c1-23-12-22-18-17(23)19(28)26(20(29)24(18)2)11-16(27)25-9-14(8-21)15(10-25)13-6-4-3-5-7-13/h3-7,12,14-15H,8-11,21H2,1-2H3/t14-,15+/m1/s1. The molecule has 0 aliphatic carbocycles. The van der Waals surface area contributed by atoms with Gasteiger partial charge in [-0.15, -0.1) is 0 Å². The van der Waals surface area contributed by atoms with Crippen LogP contribution in [-0.4, -0.2) is 49.1 Å². The Morgan fingerprint density at radius 3 is 2.59 bits per heavy atom. The maximum Gasteiger partial charge on any atom is 0.332 e. The minimum Gasteiger partial charge on any atom is -0.340 e. The Kier molecular flexibility index (Phi) is 4.83. The molecule has 1 saturated heterocycles. The molecule has 9 nitrogen and oxygen atoms in total. The summed E-state index contributed by atoms with van der Waals surface area (Å²) in [4.78, 5) is 44.3. The van der Waals surface area contributed by atoms with Gasteiger partial charge in [0.15, 0.2) is 11.2 Å². The van der Waals surface area contributed by atoms with Crippen LogP contribution in [0, 0.1) is 5.92 Å². The van der Waals surface area contributed by atoms with Gasteiger partial charge in [0.1, 0.15) is 6.54 Å². The maximum atomic E-state index is 13.0. The van der Waals surface area contributed by atoms with Gasteiger partial charge in [0.2, 0.25) is 5.91 Å². The lowest BCUT2D eigenvalue weighted by Crippen LogP contribution is -2.44. The summed E-state index contributed by atoms with van der Waals surface area (Å²) >= 11 is 0. The third-order valence-electron chi connectivity index (χ3n) is 5.82. The predicted octanol–water partition coefficient (Wildman–Crippen LogP) is -0.365. The Morgan fingerprint density at radius 2 is 1.90 bits per heavy atom. The molecule has 0 saturated carbocycles. The van der Waals surface area contributed by atoms with E-state index in [0.29, 0.717) is 30.8 Å². The summed E-state index contributed by atoms with van der Waals surface area (Å²) in [6.45, 7) is 1.20. The average molecular weight is 396 g/mol. The van der Waals surface area contributed by atoms with Crippen molar-refractivity contribution in [3.63, 3.8) is 0 Å². The van der Waals surface area contributed by atoms with Gasteiger partial charge >= 0.3 is 5.69 Å². The molecule has 1 aromatic carbocycles. The second kappa shape index (κ2) is 7.32. The highest BCUT2D eigenvalue weighted by Gasteiger charge is 2.35. The fraction of sp³-hybridized carbons (Fsp3) is 0.400. The molecule has 3 aromatic rings. The van der Waals surface area contributed by atoms with E-state index in [1.54, 1.807) is 23.6 Å². The number of nitrogens with zero attached hydrogens (tertiary/aromatic N) is 5. The van der Waals surface area contributed by atoms with E-state index in [2.05, 4.69) is 4.98 Å². The Bertz CT molecular complexity index is 1180. The van der Waals surface area contributed by atoms with Crippen LogP contribution in [0.25, 0.3) is 11.2 Å². The van der Waals surface area contributed by atoms with Crippen LogP contribution in [0.5, 0.6) is 0 Å². The molecule has 152 valence electrons. The summed E-state index contributed by atoms with van der Waals surface area (Å²) in [6, 6.07) is 9.98. The number of aromatic nitrogens is 4. The molecule has 1 aliphatic heterocycles. The molecule has 2 aromatic heterocycles. The highest BCUT2D eigenvalue weighted by Crippen LogP contribution is 2.32. The van der Waals surface area contributed by atoms with E-state index >= 15 is 0 Å². The van der Waals surface area contributed by atoms with Gasteiger partial charge in [-0.1, -0.05) is 30.3 Å². The predicted molar refractivity (Wildman–Crippen MR) is 109 cm³/mol. The summed E-state index contributed by atoms with van der Waals surface area (Å²) in [6.07, 6.45) is 1.48. The quantitative estimate of drug-likeness (QED) is 0.648. The van der Waals surface area contributed by atoms with Gasteiger partial charge < -0.3 is 15.2 Å². The van der Waals surface area contributed by atoms with Crippen molar-refractivity contribution in [2.45, 2.75) is 12.5 Å². The third kappa shape index (κ3) is 3.17. The van der Waals surface area contributed by atoms with Crippen LogP contribution in [0.2, 0.25) is 0 Å². The SMILES string of the molecule is Cn1cnc2c1c(=O)n(CC(=O)N1C[C@@H](CN)[C@H](c3ccccc3)C1)c(=O)n2C. The second-order valence-electron chi connectivity index (χ2n) is 7.57. The summed E-state index contributed by atoms with van der Waals surface area (Å²) in [5, 5.41) is 0. The molecule has 0 bridgehead atoms. The second-order valence-corrected chi connectivity index (χ2v) is 7.57. The van der Waals surface area contributed by atoms with E-state index in [9.17, 15) is 14.4 Å². The number of carbonyl (C=O) groups is 1. The van der Waals surface area contributed by atoms with Crippen molar-refractivity contribution in [1.29, 1.82) is 0 Å². The molecule has 1 fully saturated rings. The number of rotatable bonds is 4. The summed E-state index contributed by atoms with van der Waals surface area (Å²) < 4.78 is 3.84. The van der Waals surface area contributed by atoms with Crippen LogP contribution in [0.3, 0.4) is 0 Å². The van der Waals surface area contributed by atoms with Gasteiger partial charge in [0.05, 0.1) is 6.33 Å². The van der Waals surface area contributed by atoms with Crippen molar-refractivity contribution >= 4 is 17.1 Å². The number of hydrogen-bond acceptors (Lipinski definition) is 5. The molecule has 2 atom stereocenters. The highest BCUT2D eigenvalue weighted by molar-refractivity contribution is 5.77. The first-order chi connectivity index (χ1) is 13.9. The van der Waals surface area contributed by atoms with E-state index < -0.39 is 11.2 Å². The van der Waals surface area contributed by atoms with Crippen LogP contribution in [0.15, 0.2) is 46.2 Å². The van der Waals surface area contributed by atoms with E-state index in [1.165, 1.54) is 10.9 Å². The lowest BCUT2D eigenvalue weighted by atomic mass is 9.89. The molecule has 0 spiro atoms. The van der Waals surface area contributed by atoms with Crippen LogP contribution >= 0.6 is 0 Å². The first-order valence-electron chi connectivity index (χ1n) is 9.56. The molecule has 4 rings (SSSR count). The molecule has 3 heterocycles. The van der Waals surface area contributed by atoms with Gasteiger partial charge in [0.25, 0.3) is 5.56 Å². The first kappa shape index (κ1) is 19.1. The smallest absolute Gasteiger partial charge is 0.332 e. The fourth-order valence-electron chi connectivity index (χ4n) is 4.16. The number of fused-ring (bicyclic) bond motifs is 1. The monoisotopic (exact) mass is 396 g/mol. The minimum absolute atomic E-state index is 0.139. The molecule has 0 radical (unpaired) electrons. The van der Waals surface area contributed by atoms with Gasteiger partial charge in [-0.25, -0.2) is 14.3 Å². The van der Waals surface area contributed by atoms with E-state index in [0.717, 1.165) is 10.1 Å². The summed E-state index contributed by atoms with van der Waals surface area (Å²) in [5.41, 5.74) is 6.64. The molecule has 29 heavy (non-hydrogen) atoms. The normalized spacial score (nSPS) is 19.2. The van der Waals surface area contributed by atoms with Gasteiger partial charge in [-0.3, -0.25) is 14.2 Å². The van der Waals surface area contributed by atoms with Crippen LogP contribution < -0.4 is 17.0 Å². The molecular weight excluding hydrogens is 372 g/mol. The zero-order chi connectivity index (χ0) is 20.7. The fourth-order valence-corrected chi connectivity index (χ4v) is 4.16. The van der Waals surface area contributed by atoms with Crippen molar-refractivity contribution in [3.8, 4) is 0 Å². The van der Waals surface area contributed by atoms with Crippen molar-refractivity contribution in [1.82, 2.24) is 23.6 Å². The average Bonchev–Trinajstić information content (AvgIpc) is 3.34. The van der Waals surface area contributed by atoms with Gasteiger partial charge in [0, 0.05) is 33.1 Å². The molecular formula is C20H24N6O3. The molecule has 9 heteroatoms. The highest BCUT2D eigenvalue weighted by atomic mass is 16.2. The van der Waals surface area contributed by atoms with Crippen LogP contribution in [-0.2, 0) is 25.4 Å². The summed E-state index contributed by atoms with van der Waals surface area (Å²) in [7, 11) is 3.23. The molecule has 1 amide bonds. The zero-order valence-corrected chi connectivity index (χ0v) is 16.5. The van der Waals surface area contributed by atoms with Crippen molar-refractivity contribution in [2.75, 3.05) is 19.6 Å². The number of imidazole rings is 1. The van der Waals surface area contributed by atoms with Crippen molar-refractivity contribution in [2.24, 2.45) is 25.7 Å². The molecule has 1 aliphatic rings. The Hall–Kier alpha value is -3.20. The number of nitrogens with two attached hydrogens (primary N) is 1. The maximum absolute atomic E-state index is 13.0. The van der Waals surface area contributed by atoms with E-state index in [-0.39, 0.29) is 24.3 Å². The van der Waals surface area contributed by atoms with Gasteiger partial charge in [-0.05, 0) is 18.0 Å². The Labute approximate surface area is 167 Å². The number of aryl methyl sites for hydroxylation is 2. The molecule has 0 unspecified atom stereocenters. The third-order valence-corrected chi connectivity index (χ3v) is 5.82. The number of likely N-dealkylation sites (tertiary alicyclic amines) is 1. The van der Waals surface area contributed by atoms with Crippen LogP contribution in [0.1, 0.15) is 11.5 Å². The summed E-state index contributed by atoms with van der Waals surface area (Å²) in [5.74, 6) is 0.0207. The largest absolute Gasteiger partial charge is 0.340 e. The topological polar surface area (TPSA) is 108 Å². The number of carbonyl (C=O) groups excluding carboxylic acids is 1. The number of hydrogen-bond donors (Lipinski definition) is 1. The Morgan fingerprint density at radius 1 is 1.17 bits per heavy atom. The van der Waals surface area contributed by atoms with Gasteiger partial charge in [-0.2, -0.15) is 0 Å². The number of benzene rings is 1. The molecule has 2 N–H and O–H groups in total. The van der Waals surface area contributed by atoms with E-state index in [1.807, 2.05) is 30.3 Å². The minimum atomic E-state index is -0.552. The Balaban J connectivity index is 1.63. The van der Waals surface area contributed by atoms with Crippen molar-refractivity contribution in [3.05, 3.63) is 63.1 Å². The van der Waals surface area contributed by atoms with Crippen LogP contribution in [0.4, 0.5) is 0 Å². The lowest BCUT2D eigenvalue weighted by Gasteiger charge is -2.17.